The first-order valence-electron chi connectivity index (χ1n) is 6.66. The smallest absolute Gasteiger partial charge is 0.306 e. The normalized spacial score (nSPS) is 16.3. The van der Waals surface area contributed by atoms with Gasteiger partial charge in [0.05, 0.1) is 11.6 Å². The van der Waals surface area contributed by atoms with Crippen LogP contribution in [0, 0.1) is 5.92 Å². The third kappa shape index (κ3) is 3.74. The van der Waals surface area contributed by atoms with E-state index in [-0.39, 0.29) is 18.4 Å². The second-order valence-corrected chi connectivity index (χ2v) is 4.83. The Kier molecular flexibility index (Phi) is 4.81. The number of carboxylic acids is 1. The van der Waals surface area contributed by atoms with Gasteiger partial charge >= 0.3 is 5.97 Å². The van der Waals surface area contributed by atoms with Gasteiger partial charge in [0.25, 0.3) is 5.91 Å². The third-order valence-electron chi connectivity index (χ3n) is 3.47. The van der Waals surface area contributed by atoms with Crippen molar-refractivity contribution in [1.82, 2.24) is 9.88 Å². The van der Waals surface area contributed by atoms with E-state index < -0.39 is 5.97 Å². The zero-order valence-electron chi connectivity index (χ0n) is 11.5. The lowest BCUT2D eigenvalue weighted by Gasteiger charge is -2.29. The molecular formula is C13H17N5O3. The lowest BCUT2D eigenvalue weighted by atomic mass is 9.97. The van der Waals surface area contributed by atoms with Crippen LogP contribution >= 0.6 is 0 Å². The number of hydrogen-bond acceptors (Lipinski definition) is 5. The molecule has 112 valence electrons. The van der Waals surface area contributed by atoms with Crippen molar-refractivity contribution < 1.29 is 14.7 Å². The van der Waals surface area contributed by atoms with Crippen molar-refractivity contribution in [1.29, 1.82) is 0 Å². The first kappa shape index (κ1) is 14.9. The number of aromatic nitrogens is 1. The number of likely N-dealkylation sites (tertiary alicyclic amines) is 1. The minimum absolute atomic E-state index is 0.189. The van der Waals surface area contributed by atoms with Gasteiger partial charge < -0.3 is 15.8 Å². The van der Waals surface area contributed by atoms with Crippen LogP contribution in [0.25, 0.3) is 0 Å². The van der Waals surface area contributed by atoms with Gasteiger partial charge in [-0.15, -0.1) is 0 Å². The molecule has 0 spiro atoms. The molecule has 0 aliphatic carbocycles. The first-order valence-corrected chi connectivity index (χ1v) is 6.66. The first-order chi connectivity index (χ1) is 10.1. The monoisotopic (exact) mass is 291 g/mol. The van der Waals surface area contributed by atoms with Crippen molar-refractivity contribution in [2.24, 2.45) is 22.1 Å². The lowest BCUT2D eigenvalue weighted by molar-refractivity contribution is -0.143. The fourth-order valence-corrected chi connectivity index (χ4v) is 2.29. The van der Waals surface area contributed by atoms with Gasteiger partial charge in [0, 0.05) is 13.1 Å². The highest BCUT2D eigenvalue weighted by Gasteiger charge is 2.27. The molecule has 0 unspecified atom stereocenters. The number of piperidine rings is 1. The Morgan fingerprint density at radius 3 is 2.71 bits per heavy atom. The number of carboxylic acid groups (broad SMARTS) is 1. The predicted molar refractivity (Wildman–Crippen MR) is 73.2 cm³/mol. The van der Waals surface area contributed by atoms with Crippen LogP contribution in [0.3, 0.4) is 0 Å². The maximum absolute atomic E-state index is 12.3. The van der Waals surface area contributed by atoms with Gasteiger partial charge in [-0.3, -0.25) is 9.59 Å². The van der Waals surface area contributed by atoms with Gasteiger partial charge in [-0.2, -0.15) is 5.11 Å². The summed E-state index contributed by atoms with van der Waals surface area (Å²) in [4.78, 5) is 29.1. The molecule has 1 aliphatic heterocycles. The number of nitrogens with zero attached hydrogens (tertiary/aromatic N) is 4. The highest BCUT2D eigenvalue weighted by atomic mass is 16.4. The summed E-state index contributed by atoms with van der Waals surface area (Å²) in [7, 11) is 0. The van der Waals surface area contributed by atoms with Crippen molar-refractivity contribution in [2.45, 2.75) is 19.4 Å². The van der Waals surface area contributed by atoms with E-state index in [1.165, 1.54) is 0 Å². The fraction of sp³-hybridized carbons (Fsp3) is 0.462. The summed E-state index contributed by atoms with van der Waals surface area (Å²) in [6, 6.07) is 5.10. The molecule has 0 atom stereocenters. The largest absolute Gasteiger partial charge is 0.481 e. The molecule has 2 heterocycles. The molecule has 2 rings (SSSR count). The fourth-order valence-electron chi connectivity index (χ4n) is 2.29. The number of amides is 1. The van der Waals surface area contributed by atoms with E-state index in [4.69, 9.17) is 10.9 Å². The van der Waals surface area contributed by atoms with Gasteiger partial charge in [0.2, 0.25) is 0 Å². The van der Waals surface area contributed by atoms with Crippen molar-refractivity contribution in [3.63, 3.8) is 0 Å². The van der Waals surface area contributed by atoms with Gasteiger partial charge in [0.1, 0.15) is 12.2 Å². The molecule has 21 heavy (non-hydrogen) atoms. The van der Waals surface area contributed by atoms with Gasteiger partial charge in [0.15, 0.2) is 0 Å². The highest BCUT2D eigenvalue weighted by molar-refractivity contribution is 5.92. The standard InChI is InChI=1S/C13H17N5O3/c14-17-15-8-10-2-1-3-11(16-10)12(19)18-6-4-9(5-7-18)13(20)21/h1-3,9H,4-8H2,(H2,14,15)(H,20,21). The van der Waals surface area contributed by atoms with Gasteiger partial charge in [-0.1, -0.05) is 11.3 Å². The summed E-state index contributed by atoms with van der Waals surface area (Å²) in [5.41, 5.74) is 0.934. The minimum atomic E-state index is -0.797. The summed E-state index contributed by atoms with van der Waals surface area (Å²) < 4.78 is 0. The quantitative estimate of drug-likeness (QED) is 0.483. The van der Waals surface area contributed by atoms with Crippen molar-refractivity contribution >= 4 is 11.9 Å². The molecule has 1 aliphatic rings. The molecule has 0 saturated carbocycles. The van der Waals surface area contributed by atoms with Crippen LogP contribution in [-0.2, 0) is 11.3 Å². The Bertz CT molecular complexity index is 552. The molecule has 8 heteroatoms. The van der Waals surface area contributed by atoms with Crippen LogP contribution in [0.2, 0.25) is 0 Å². The van der Waals surface area contributed by atoms with Gasteiger partial charge in [-0.05, 0) is 25.0 Å². The Morgan fingerprint density at radius 1 is 1.38 bits per heavy atom. The Hall–Kier alpha value is -2.51. The maximum atomic E-state index is 12.3. The summed E-state index contributed by atoms with van der Waals surface area (Å²) >= 11 is 0. The number of aliphatic carboxylic acids is 1. The molecule has 0 bridgehead atoms. The number of hydrogen-bond donors (Lipinski definition) is 2. The summed E-state index contributed by atoms with van der Waals surface area (Å²) in [5, 5.41) is 15.7. The maximum Gasteiger partial charge on any atom is 0.306 e. The Morgan fingerprint density at radius 2 is 2.10 bits per heavy atom. The van der Waals surface area contributed by atoms with Crippen molar-refractivity contribution in [3.05, 3.63) is 29.6 Å². The van der Waals surface area contributed by atoms with Crippen molar-refractivity contribution in [3.8, 4) is 0 Å². The van der Waals surface area contributed by atoms with E-state index in [1.807, 2.05) is 0 Å². The average molecular weight is 291 g/mol. The topological polar surface area (TPSA) is 121 Å². The third-order valence-corrected chi connectivity index (χ3v) is 3.47. The number of nitrogens with two attached hydrogens (primary N) is 1. The zero-order chi connectivity index (χ0) is 15.2. The van der Waals surface area contributed by atoms with Crippen LogP contribution < -0.4 is 5.84 Å². The summed E-state index contributed by atoms with van der Waals surface area (Å²) in [6.45, 7) is 1.09. The number of rotatable bonds is 4. The second kappa shape index (κ2) is 6.78. The molecule has 3 N–H and O–H groups in total. The zero-order valence-corrected chi connectivity index (χ0v) is 11.5. The molecule has 1 aromatic heterocycles. The predicted octanol–water partition coefficient (Wildman–Crippen LogP) is 0.844. The van der Waals surface area contributed by atoms with E-state index in [1.54, 1.807) is 23.1 Å². The van der Waals surface area contributed by atoms with Crippen LogP contribution in [0.4, 0.5) is 0 Å². The van der Waals surface area contributed by atoms with Crippen LogP contribution in [0.15, 0.2) is 28.5 Å². The van der Waals surface area contributed by atoms with E-state index in [2.05, 4.69) is 15.3 Å². The summed E-state index contributed by atoms with van der Waals surface area (Å²) in [5.74, 6) is 3.59. The van der Waals surface area contributed by atoms with E-state index in [0.29, 0.717) is 37.3 Å². The molecule has 1 amide bonds. The van der Waals surface area contributed by atoms with Gasteiger partial charge in [-0.25, -0.2) is 4.98 Å². The minimum Gasteiger partial charge on any atom is -0.481 e. The number of carbonyl (C=O) groups is 2. The molecule has 0 radical (unpaired) electrons. The molecule has 0 aromatic carbocycles. The second-order valence-electron chi connectivity index (χ2n) is 4.83. The molecule has 1 fully saturated rings. The Labute approximate surface area is 121 Å². The Balaban J connectivity index is 2.02. The molecule has 8 nitrogen and oxygen atoms in total. The SMILES string of the molecule is NN=NCc1cccc(C(=O)N2CCC(C(=O)O)CC2)n1. The number of pyridine rings is 1. The van der Waals surface area contributed by atoms with Crippen molar-refractivity contribution in [2.75, 3.05) is 13.1 Å². The number of carbonyl (C=O) groups excluding carboxylic acids is 1. The molecule has 1 saturated heterocycles. The highest BCUT2D eigenvalue weighted by Crippen LogP contribution is 2.18. The summed E-state index contributed by atoms with van der Waals surface area (Å²) in [6.07, 6.45) is 0.949. The van der Waals surface area contributed by atoms with Crippen LogP contribution in [0.1, 0.15) is 29.0 Å². The van der Waals surface area contributed by atoms with Crippen LogP contribution in [-0.4, -0.2) is 40.0 Å². The lowest BCUT2D eigenvalue weighted by Crippen LogP contribution is -2.40. The molecular weight excluding hydrogens is 274 g/mol. The van der Waals surface area contributed by atoms with E-state index >= 15 is 0 Å². The molecule has 1 aromatic rings. The van der Waals surface area contributed by atoms with E-state index in [0.717, 1.165) is 0 Å². The van der Waals surface area contributed by atoms with Crippen LogP contribution in [0.5, 0.6) is 0 Å². The van der Waals surface area contributed by atoms with E-state index in [9.17, 15) is 9.59 Å². The average Bonchev–Trinajstić information content (AvgIpc) is 2.52.